The third kappa shape index (κ3) is 3.48. The topological polar surface area (TPSA) is 96.9 Å². The van der Waals surface area contributed by atoms with E-state index in [1.807, 2.05) is 19.1 Å². The maximum absolute atomic E-state index is 11.9. The molecule has 1 aliphatic heterocycles. The second-order valence-electron chi connectivity index (χ2n) is 4.91. The van der Waals surface area contributed by atoms with E-state index >= 15 is 0 Å². The van der Waals surface area contributed by atoms with E-state index in [1.54, 1.807) is 12.1 Å². The predicted octanol–water partition coefficient (Wildman–Crippen LogP) is 0.965. The Hall–Kier alpha value is -2.08. The molecule has 20 heavy (non-hydrogen) atoms. The van der Waals surface area contributed by atoms with Crippen LogP contribution in [0.1, 0.15) is 30.9 Å². The maximum Gasteiger partial charge on any atom is 0.249 e. The number of benzene rings is 1. The number of hydrogen-bond donors (Lipinski definition) is 3. The number of nitrogens with one attached hydrogen (secondary N) is 1. The van der Waals surface area contributed by atoms with Crippen LogP contribution < -0.4 is 11.1 Å². The molecule has 0 saturated carbocycles. The molecular weight excluding hydrogens is 258 g/mol. The van der Waals surface area contributed by atoms with Crippen molar-refractivity contribution in [2.24, 2.45) is 10.9 Å². The van der Waals surface area contributed by atoms with E-state index in [0.717, 1.165) is 18.4 Å². The molecule has 1 saturated heterocycles. The molecule has 1 aromatic carbocycles. The Morgan fingerprint density at radius 3 is 2.70 bits per heavy atom. The van der Waals surface area contributed by atoms with Gasteiger partial charge >= 0.3 is 0 Å². The van der Waals surface area contributed by atoms with Gasteiger partial charge in [-0.3, -0.25) is 4.79 Å². The number of ether oxygens (including phenoxy) is 1. The molecule has 1 fully saturated rings. The number of carbonyl (C=O) groups excluding carboxylic acids is 1. The van der Waals surface area contributed by atoms with E-state index < -0.39 is 0 Å². The molecule has 0 radical (unpaired) electrons. The number of oxime groups is 1. The van der Waals surface area contributed by atoms with Gasteiger partial charge in [0.05, 0.1) is 6.10 Å². The number of amidine groups is 1. The molecule has 1 heterocycles. The Morgan fingerprint density at radius 1 is 1.45 bits per heavy atom. The second-order valence-corrected chi connectivity index (χ2v) is 4.91. The minimum Gasteiger partial charge on any atom is -0.409 e. The molecule has 6 heteroatoms. The largest absolute Gasteiger partial charge is 0.409 e. The number of amides is 1. The van der Waals surface area contributed by atoms with Crippen LogP contribution in [0.15, 0.2) is 29.4 Å². The van der Waals surface area contributed by atoms with Gasteiger partial charge in [0, 0.05) is 12.1 Å². The van der Waals surface area contributed by atoms with Crippen molar-refractivity contribution in [1.29, 1.82) is 0 Å². The highest BCUT2D eigenvalue weighted by atomic mass is 16.5. The number of carbonyl (C=O) groups is 1. The summed E-state index contributed by atoms with van der Waals surface area (Å²) in [7, 11) is 0. The van der Waals surface area contributed by atoms with Crippen molar-refractivity contribution in [2.45, 2.75) is 38.5 Å². The average molecular weight is 277 g/mol. The monoisotopic (exact) mass is 277 g/mol. The predicted molar refractivity (Wildman–Crippen MR) is 74.4 cm³/mol. The zero-order valence-corrected chi connectivity index (χ0v) is 11.4. The van der Waals surface area contributed by atoms with Crippen molar-refractivity contribution in [2.75, 3.05) is 0 Å². The molecule has 0 spiro atoms. The molecule has 0 bridgehead atoms. The fourth-order valence-corrected chi connectivity index (χ4v) is 2.15. The highest BCUT2D eigenvalue weighted by Gasteiger charge is 2.27. The van der Waals surface area contributed by atoms with Gasteiger partial charge in [-0.25, -0.2) is 0 Å². The van der Waals surface area contributed by atoms with Crippen LogP contribution in [0.5, 0.6) is 0 Å². The Labute approximate surface area is 117 Å². The van der Waals surface area contributed by atoms with Gasteiger partial charge in [-0.15, -0.1) is 0 Å². The summed E-state index contributed by atoms with van der Waals surface area (Å²) >= 11 is 0. The summed E-state index contributed by atoms with van der Waals surface area (Å²) in [6, 6.07) is 7.13. The number of nitrogens with two attached hydrogens (primary N) is 1. The average Bonchev–Trinajstić information content (AvgIpc) is 2.91. The highest BCUT2D eigenvalue weighted by molar-refractivity contribution is 5.96. The Bertz CT molecular complexity index is 499. The SMILES string of the molecule is CC1CCC(C(=O)NCc2ccc(/C(N)=N/O)cc2)O1. The molecule has 2 unspecified atom stereocenters. The van der Waals surface area contributed by atoms with E-state index in [1.165, 1.54) is 0 Å². The zero-order chi connectivity index (χ0) is 14.5. The van der Waals surface area contributed by atoms with Gasteiger partial charge in [0.25, 0.3) is 0 Å². The van der Waals surface area contributed by atoms with Crippen molar-refractivity contribution in [3.05, 3.63) is 35.4 Å². The van der Waals surface area contributed by atoms with Crippen molar-refractivity contribution >= 4 is 11.7 Å². The maximum atomic E-state index is 11.9. The van der Waals surface area contributed by atoms with Crippen LogP contribution in [0.4, 0.5) is 0 Å². The normalized spacial score (nSPS) is 22.8. The summed E-state index contributed by atoms with van der Waals surface area (Å²) in [5.41, 5.74) is 7.05. The highest BCUT2D eigenvalue weighted by Crippen LogP contribution is 2.19. The minimum atomic E-state index is -0.332. The smallest absolute Gasteiger partial charge is 0.249 e. The molecule has 1 aliphatic rings. The summed E-state index contributed by atoms with van der Waals surface area (Å²) in [5, 5.41) is 14.3. The Balaban J connectivity index is 1.86. The number of rotatable bonds is 4. The first-order chi connectivity index (χ1) is 9.60. The van der Waals surface area contributed by atoms with E-state index in [4.69, 9.17) is 15.7 Å². The van der Waals surface area contributed by atoms with Gasteiger partial charge in [-0.2, -0.15) is 0 Å². The fraction of sp³-hybridized carbons (Fsp3) is 0.429. The zero-order valence-electron chi connectivity index (χ0n) is 11.4. The van der Waals surface area contributed by atoms with E-state index in [2.05, 4.69) is 10.5 Å². The molecule has 108 valence electrons. The summed E-state index contributed by atoms with van der Waals surface area (Å²) < 4.78 is 5.50. The lowest BCUT2D eigenvalue weighted by molar-refractivity contribution is -0.131. The Morgan fingerprint density at radius 2 is 2.15 bits per heavy atom. The summed E-state index contributed by atoms with van der Waals surface area (Å²) in [6.07, 6.45) is 1.52. The minimum absolute atomic E-state index is 0.0638. The van der Waals surface area contributed by atoms with E-state index in [0.29, 0.717) is 12.1 Å². The van der Waals surface area contributed by atoms with Crippen LogP contribution in [0.3, 0.4) is 0 Å². The van der Waals surface area contributed by atoms with E-state index in [9.17, 15) is 4.79 Å². The Kier molecular flexibility index (Phi) is 4.57. The number of nitrogens with zero attached hydrogens (tertiary/aromatic N) is 1. The van der Waals surface area contributed by atoms with Crippen molar-refractivity contribution < 1.29 is 14.7 Å². The quantitative estimate of drug-likeness (QED) is 0.330. The van der Waals surface area contributed by atoms with Gasteiger partial charge in [0.2, 0.25) is 5.91 Å². The first kappa shape index (κ1) is 14.3. The molecule has 2 rings (SSSR count). The van der Waals surface area contributed by atoms with Crippen LogP contribution in [0.2, 0.25) is 0 Å². The summed E-state index contributed by atoms with van der Waals surface area (Å²) in [6.45, 7) is 2.41. The van der Waals surface area contributed by atoms with Crippen molar-refractivity contribution in [3.8, 4) is 0 Å². The lowest BCUT2D eigenvalue weighted by Crippen LogP contribution is -2.34. The standard InChI is InChI=1S/C14H19N3O3/c1-9-2-7-12(20-9)14(18)16-8-10-3-5-11(6-4-10)13(15)17-19/h3-6,9,12,19H,2,7-8H2,1H3,(H2,15,17)(H,16,18). The molecule has 0 aliphatic carbocycles. The number of hydrogen-bond acceptors (Lipinski definition) is 4. The molecule has 2 atom stereocenters. The fourth-order valence-electron chi connectivity index (χ4n) is 2.15. The van der Waals surface area contributed by atoms with Crippen LogP contribution in [-0.4, -0.2) is 29.2 Å². The van der Waals surface area contributed by atoms with E-state index in [-0.39, 0.29) is 24.0 Å². The van der Waals surface area contributed by atoms with Gasteiger partial charge in [-0.05, 0) is 25.3 Å². The molecule has 4 N–H and O–H groups in total. The summed E-state index contributed by atoms with van der Waals surface area (Å²) in [4.78, 5) is 11.9. The third-order valence-electron chi connectivity index (χ3n) is 3.35. The first-order valence-electron chi connectivity index (χ1n) is 6.60. The second kappa shape index (κ2) is 6.38. The molecule has 6 nitrogen and oxygen atoms in total. The molecule has 1 amide bonds. The van der Waals surface area contributed by atoms with Crippen LogP contribution in [-0.2, 0) is 16.1 Å². The van der Waals surface area contributed by atoms with Gasteiger partial charge < -0.3 is 21.0 Å². The summed E-state index contributed by atoms with van der Waals surface area (Å²) in [5.74, 6) is -0.0104. The van der Waals surface area contributed by atoms with Crippen LogP contribution in [0, 0.1) is 0 Å². The van der Waals surface area contributed by atoms with Crippen LogP contribution >= 0.6 is 0 Å². The van der Waals surface area contributed by atoms with Gasteiger partial charge in [0.15, 0.2) is 5.84 Å². The molecule has 0 aromatic heterocycles. The van der Waals surface area contributed by atoms with Gasteiger partial charge in [-0.1, -0.05) is 29.4 Å². The van der Waals surface area contributed by atoms with Crippen LogP contribution in [0.25, 0.3) is 0 Å². The lowest BCUT2D eigenvalue weighted by Gasteiger charge is -2.12. The lowest BCUT2D eigenvalue weighted by atomic mass is 10.1. The molecular formula is C14H19N3O3. The van der Waals surface area contributed by atoms with Crippen molar-refractivity contribution in [3.63, 3.8) is 0 Å². The van der Waals surface area contributed by atoms with Gasteiger partial charge in [0.1, 0.15) is 6.10 Å². The van der Waals surface area contributed by atoms with Crippen molar-refractivity contribution in [1.82, 2.24) is 5.32 Å². The molecule has 1 aromatic rings. The first-order valence-corrected chi connectivity index (χ1v) is 6.60. The third-order valence-corrected chi connectivity index (χ3v) is 3.35.